The molecule has 2 aromatic rings. The summed E-state index contributed by atoms with van der Waals surface area (Å²) in [5, 5.41) is 9.98. The van der Waals surface area contributed by atoms with Crippen LogP contribution >= 0.6 is 34.8 Å². The summed E-state index contributed by atoms with van der Waals surface area (Å²) < 4.78 is 13.2. The van der Waals surface area contributed by atoms with Gasteiger partial charge >= 0.3 is 0 Å². The topological polar surface area (TPSA) is 33.1 Å². The van der Waals surface area contributed by atoms with E-state index in [0.717, 1.165) is 6.20 Å². The number of aromatic nitrogens is 1. The molecule has 0 atom stereocenters. The lowest BCUT2D eigenvalue weighted by Gasteiger charge is -2.08. The van der Waals surface area contributed by atoms with Gasteiger partial charge in [0.05, 0.1) is 28.5 Å². The summed E-state index contributed by atoms with van der Waals surface area (Å²) in [6.07, 6.45) is 1.02. The maximum absolute atomic E-state index is 13.2. The summed E-state index contributed by atoms with van der Waals surface area (Å²) in [6, 6.07) is 4.49. The second-order valence-corrected chi connectivity index (χ2v) is 4.79. The Labute approximate surface area is 118 Å². The highest BCUT2D eigenvalue weighted by atomic mass is 35.5. The molecular weight excluding hydrogens is 299 g/mol. The summed E-state index contributed by atoms with van der Waals surface area (Å²) in [7, 11) is 0. The molecule has 6 heteroatoms. The minimum atomic E-state index is -0.578. The first-order valence-electron chi connectivity index (χ1n) is 4.93. The van der Waals surface area contributed by atoms with Crippen LogP contribution in [0.4, 0.5) is 4.39 Å². The van der Waals surface area contributed by atoms with Gasteiger partial charge in [0.25, 0.3) is 0 Å². The van der Waals surface area contributed by atoms with E-state index in [9.17, 15) is 4.39 Å². The number of pyridine rings is 1. The van der Waals surface area contributed by atoms with Gasteiger partial charge in [0.2, 0.25) is 0 Å². The molecule has 0 aliphatic rings. The molecule has 0 spiro atoms. The molecule has 2 nitrogen and oxygen atoms in total. The van der Waals surface area contributed by atoms with Gasteiger partial charge in [-0.15, -0.1) is 0 Å². The number of hydrogen-bond donors (Lipinski definition) is 1. The van der Waals surface area contributed by atoms with E-state index in [1.165, 1.54) is 12.1 Å². The van der Waals surface area contributed by atoms with E-state index in [0.29, 0.717) is 16.3 Å². The average molecular weight is 307 g/mol. The van der Waals surface area contributed by atoms with Crippen LogP contribution in [-0.4, -0.2) is 10.1 Å². The van der Waals surface area contributed by atoms with Gasteiger partial charge in [0, 0.05) is 16.1 Å². The van der Waals surface area contributed by atoms with E-state index in [1.807, 2.05) is 0 Å². The van der Waals surface area contributed by atoms with E-state index >= 15 is 0 Å². The highest BCUT2D eigenvalue weighted by Crippen LogP contribution is 2.35. The third-order valence-corrected chi connectivity index (χ3v) is 3.39. The molecule has 0 saturated carbocycles. The fraction of sp³-hybridized carbons (Fsp3) is 0.0833. The Morgan fingerprint density at radius 2 is 1.89 bits per heavy atom. The first kappa shape index (κ1) is 13.6. The number of hydrogen-bond acceptors (Lipinski definition) is 2. The van der Waals surface area contributed by atoms with Gasteiger partial charge in [-0.25, -0.2) is 4.39 Å². The highest BCUT2D eigenvalue weighted by Gasteiger charge is 2.12. The van der Waals surface area contributed by atoms with E-state index in [-0.39, 0.29) is 15.6 Å². The van der Waals surface area contributed by atoms with Crippen LogP contribution in [0.1, 0.15) is 5.56 Å². The molecule has 1 aromatic heterocycles. The molecule has 18 heavy (non-hydrogen) atoms. The average Bonchev–Trinajstić information content (AvgIpc) is 2.34. The first-order chi connectivity index (χ1) is 8.52. The number of halogens is 4. The summed E-state index contributed by atoms with van der Waals surface area (Å²) in [6.45, 7) is -0.423. The quantitative estimate of drug-likeness (QED) is 0.837. The van der Waals surface area contributed by atoms with Gasteiger partial charge in [0.15, 0.2) is 0 Å². The summed E-state index contributed by atoms with van der Waals surface area (Å²) in [4.78, 5) is 3.91. The van der Waals surface area contributed by atoms with Crippen molar-refractivity contribution in [3.05, 3.63) is 50.8 Å². The molecule has 1 heterocycles. The molecule has 0 amide bonds. The van der Waals surface area contributed by atoms with Crippen LogP contribution in [0.2, 0.25) is 15.1 Å². The van der Waals surface area contributed by atoms with Gasteiger partial charge in [-0.2, -0.15) is 0 Å². The van der Waals surface area contributed by atoms with Gasteiger partial charge in [-0.3, -0.25) is 4.98 Å². The van der Waals surface area contributed by atoms with Crippen LogP contribution in [0, 0.1) is 5.82 Å². The zero-order valence-electron chi connectivity index (χ0n) is 8.92. The minimum Gasteiger partial charge on any atom is -0.392 e. The summed E-state index contributed by atoms with van der Waals surface area (Å²) in [5.74, 6) is -0.578. The fourth-order valence-corrected chi connectivity index (χ4v) is 2.19. The second kappa shape index (κ2) is 5.41. The summed E-state index contributed by atoms with van der Waals surface area (Å²) >= 11 is 17.8. The van der Waals surface area contributed by atoms with Crippen molar-refractivity contribution in [2.45, 2.75) is 6.61 Å². The number of benzene rings is 1. The Morgan fingerprint density at radius 3 is 2.56 bits per heavy atom. The van der Waals surface area contributed by atoms with Crippen molar-refractivity contribution in [1.29, 1.82) is 0 Å². The van der Waals surface area contributed by atoms with E-state index in [1.54, 1.807) is 6.07 Å². The predicted molar refractivity (Wildman–Crippen MR) is 70.6 cm³/mol. The molecule has 0 fully saturated rings. The molecule has 0 radical (unpaired) electrons. The lowest BCUT2D eigenvalue weighted by atomic mass is 10.1. The van der Waals surface area contributed by atoms with E-state index in [2.05, 4.69) is 4.98 Å². The number of rotatable bonds is 2. The lowest BCUT2D eigenvalue weighted by molar-refractivity contribution is 0.275. The number of nitrogens with zero attached hydrogens (tertiary/aromatic N) is 1. The van der Waals surface area contributed by atoms with Crippen molar-refractivity contribution in [3.8, 4) is 11.3 Å². The third kappa shape index (κ3) is 2.59. The standard InChI is InChI=1S/C12H7Cl3FNO/c13-7-2-8(12(15)9(14)3-7)11-1-6(5-18)10(16)4-17-11/h1-4,18H,5H2. The largest absolute Gasteiger partial charge is 0.392 e. The van der Waals surface area contributed by atoms with Crippen LogP contribution in [0.3, 0.4) is 0 Å². The predicted octanol–water partition coefficient (Wildman–Crippen LogP) is 4.34. The van der Waals surface area contributed by atoms with E-state index in [4.69, 9.17) is 39.9 Å². The van der Waals surface area contributed by atoms with Crippen LogP contribution in [0.5, 0.6) is 0 Å². The van der Waals surface area contributed by atoms with Crippen molar-refractivity contribution >= 4 is 34.8 Å². The van der Waals surface area contributed by atoms with Crippen molar-refractivity contribution in [2.24, 2.45) is 0 Å². The van der Waals surface area contributed by atoms with Crippen LogP contribution < -0.4 is 0 Å². The zero-order valence-corrected chi connectivity index (χ0v) is 11.2. The minimum absolute atomic E-state index is 0.132. The fourth-order valence-electron chi connectivity index (χ4n) is 1.49. The molecule has 0 unspecified atom stereocenters. The van der Waals surface area contributed by atoms with Crippen molar-refractivity contribution in [1.82, 2.24) is 4.98 Å². The highest BCUT2D eigenvalue weighted by molar-refractivity contribution is 6.45. The normalized spacial score (nSPS) is 10.7. The summed E-state index contributed by atoms with van der Waals surface area (Å²) in [5.41, 5.74) is 1.02. The SMILES string of the molecule is OCc1cc(-c2cc(Cl)cc(Cl)c2Cl)ncc1F. The molecule has 0 saturated heterocycles. The molecule has 1 aromatic carbocycles. The Bertz CT molecular complexity index is 604. The van der Waals surface area contributed by atoms with Crippen molar-refractivity contribution in [2.75, 3.05) is 0 Å². The first-order valence-corrected chi connectivity index (χ1v) is 6.06. The van der Waals surface area contributed by atoms with Crippen LogP contribution in [0.25, 0.3) is 11.3 Å². The van der Waals surface area contributed by atoms with Crippen LogP contribution in [-0.2, 0) is 6.61 Å². The molecular formula is C12H7Cl3FNO. The number of aliphatic hydroxyl groups is 1. The maximum atomic E-state index is 13.2. The maximum Gasteiger partial charge on any atom is 0.147 e. The molecule has 0 aliphatic carbocycles. The Balaban J connectivity index is 2.62. The Hall–Kier alpha value is -0.870. The monoisotopic (exact) mass is 305 g/mol. The Morgan fingerprint density at radius 1 is 1.17 bits per heavy atom. The van der Waals surface area contributed by atoms with Crippen LogP contribution in [0.15, 0.2) is 24.4 Å². The Kier molecular flexibility index (Phi) is 4.07. The molecule has 1 N–H and O–H groups in total. The van der Waals surface area contributed by atoms with Crippen molar-refractivity contribution in [3.63, 3.8) is 0 Å². The lowest BCUT2D eigenvalue weighted by Crippen LogP contribution is -1.94. The van der Waals surface area contributed by atoms with Crippen molar-refractivity contribution < 1.29 is 9.50 Å². The molecule has 0 aliphatic heterocycles. The van der Waals surface area contributed by atoms with Gasteiger partial charge in [-0.1, -0.05) is 34.8 Å². The second-order valence-electron chi connectivity index (χ2n) is 3.57. The van der Waals surface area contributed by atoms with Gasteiger partial charge in [-0.05, 0) is 18.2 Å². The molecule has 94 valence electrons. The number of aliphatic hydroxyl groups excluding tert-OH is 1. The van der Waals surface area contributed by atoms with Gasteiger partial charge < -0.3 is 5.11 Å². The molecule has 2 rings (SSSR count). The third-order valence-electron chi connectivity index (χ3n) is 2.37. The smallest absolute Gasteiger partial charge is 0.147 e. The molecule has 0 bridgehead atoms. The van der Waals surface area contributed by atoms with E-state index < -0.39 is 12.4 Å². The zero-order chi connectivity index (χ0) is 13.3. The van der Waals surface area contributed by atoms with Gasteiger partial charge in [0.1, 0.15) is 5.82 Å².